The lowest BCUT2D eigenvalue weighted by molar-refractivity contribution is -0.384. The molecule has 84 valence electrons. The van der Waals surface area contributed by atoms with E-state index in [2.05, 4.69) is 4.84 Å². The van der Waals surface area contributed by atoms with Crippen molar-refractivity contribution in [3.8, 4) is 0 Å². The largest absolute Gasteiger partial charge is 0.373 e. The normalized spacial score (nSPS) is 17.9. The van der Waals surface area contributed by atoms with Crippen molar-refractivity contribution in [2.75, 3.05) is 0 Å². The number of hydrogen-bond donors (Lipinski definition) is 1. The standard InChI is InChI=1S/C10H10N2O4/c11-16-10(13)8-3-6-1-2-9(12(14)15)5-7(6)4-8/h1-2,5,8H,3-4,11H2. The molecule has 0 aliphatic heterocycles. The Bertz CT molecular complexity index is 458. The maximum atomic E-state index is 11.2. The van der Waals surface area contributed by atoms with Crippen LogP contribution in [0.2, 0.25) is 0 Å². The highest BCUT2D eigenvalue weighted by molar-refractivity contribution is 5.74. The predicted molar refractivity (Wildman–Crippen MR) is 54.3 cm³/mol. The van der Waals surface area contributed by atoms with Gasteiger partial charge in [-0.2, -0.15) is 5.90 Å². The summed E-state index contributed by atoms with van der Waals surface area (Å²) >= 11 is 0. The molecule has 0 saturated heterocycles. The zero-order valence-electron chi connectivity index (χ0n) is 8.38. The number of nitro benzene ring substituents is 1. The van der Waals surface area contributed by atoms with Crippen LogP contribution < -0.4 is 5.90 Å². The van der Waals surface area contributed by atoms with Gasteiger partial charge in [-0.1, -0.05) is 6.07 Å². The van der Waals surface area contributed by atoms with Gasteiger partial charge in [-0.3, -0.25) is 14.9 Å². The maximum absolute atomic E-state index is 11.2. The summed E-state index contributed by atoms with van der Waals surface area (Å²) in [6, 6.07) is 4.62. The first-order valence-corrected chi connectivity index (χ1v) is 4.78. The summed E-state index contributed by atoms with van der Waals surface area (Å²) in [7, 11) is 0. The summed E-state index contributed by atoms with van der Waals surface area (Å²) in [5.74, 6) is 4.02. The summed E-state index contributed by atoms with van der Waals surface area (Å²) in [4.78, 5) is 25.5. The van der Waals surface area contributed by atoms with Gasteiger partial charge in [0.05, 0.1) is 10.8 Å². The molecule has 0 heterocycles. The van der Waals surface area contributed by atoms with Gasteiger partial charge in [-0.05, 0) is 24.0 Å². The third-order valence-electron chi connectivity index (χ3n) is 2.78. The van der Waals surface area contributed by atoms with Crippen LogP contribution in [0.25, 0.3) is 0 Å². The zero-order chi connectivity index (χ0) is 11.7. The number of nitro groups is 1. The number of benzene rings is 1. The quantitative estimate of drug-likeness (QED) is 0.587. The van der Waals surface area contributed by atoms with E-state index in [-0.39, 0.29) is 11.6 Å². The molecule has 6 heteroatoms. The van der Waals surface area contributed by atoms with Crippen LogP contribution in [0.15, 0.2) is 18.2 Å². The lowest BCUT2D eigenvalue weighted by atomic mass is 10.1. The fourth-order valence-electron chi connectivity index (χ4n) is 1.98. The number of carbonyl (C=O) groups excluding carboxylic acids is 1. The number of hydrogen-bond acceptors (Lipinski definition) is 5. The summed E-state index contributed by atoms with van der Waals surface area (Å²) in [6.45, 7) is 0. The van der Waals surface area contributed by atoms with Gasteiger partial charge in [-0.25, -0.2) is 0 Å². The monoisotopic (exact) mass is 222 g/mol. The lowest BCUT2D eigenvalue weighted by Crippen LogP contribution is -2.20. The third kappa shape index (κ3) is 1.74. The van der Waals surface area contributed by atoms with Crippen LogP contribution in [0.1, 0.15) is 11.1 Å². The SMILES string of the molecule is NOC(=O)C1Cc2ccc([N+](=O)[O-])cc2C1. The molecule has 1 aromatic rings. The van der Waals surface area contributed by atoms with Crippen molar-refractivity contribution >= 4 is 11.7 Å². The van der Waals surface area contributed by atoms with E-state index >= 15 is 0 Å². The molecule has 0 saturated carbocycles. The Labute approximate surface area is 91.1 Å². The molecule has 16 heavy (non-hydrogen) atoms. The molecule has 0 amide bonds. The van der Waals surface area contributed by atoms with Crippen molar-refractivity contribution in [1.29, 1.82) is 0 Å². The van der Waals surface area contributed by atoms with Gasteiger partial charge in [0.25, 0.3) is 5.69 Å². The van der Waals surface area contributed by atoms with Crippen molar-refractivity contribution in [2.24, 2.45) is 11.8 Å². The van der Waals surface area contributed by atoms with Gasteiger partial charge in [0.15, 0.2) is 0 Å². The van der Waals surface area contributed by atoms with E-state index < -0.39 is 10.9 Å². The van der Waals surface area contributed by atoms with Crippen LogP contribution in [0.3, 0.4) is 0 Å². The van der Waals surface area contributed by atoms with Crippen molar-refractivity contribution in [1.82, 2.24) is 0 Å². The molecule has 6 nitrogen and oxygen atoms in total. The smallest absolute Gasteiger partial charge is 0.328 e. The van der Waals surface area contributed by atoms with E-state index in [9.17, 15) is 14.9 Å². The average molecular weight is 222 g/mol. The van der Waals surface area contributed by atoms with Gasteiger partial charge < -0.3 is 4.84 Å². The molecule has 0 spiro atoms. The minimum absolute atomic E-state index is 0.0421. The Morgan fingerprint density at radius 2 is 2.12 bits per heavy atom. The van der Waals surface area contributed by atoms with E-state index in [0.717, 1.165) is 11.1 Å². The van der Waals surface area contributed by atoms with Crippen molar-refractivity contribution in [2.45, 2.75) is 12.8 Å². The molecular weight excluding hydrogens is 212 g/mol. The highest BCUT2D eigenvalue weighted by atomic mass is 16.7. The first kappa shape index (κ1) is 10.6. The van der Waals surface area contributed by atoms with Gasteiger partial charge in [0.2, 0.25) is 0 Å². The Morgan fingerprint density at radius 1 is 1.44 bits per heavy atom. The van der Waals surface area contributed by atoms with Crippen LogP contribution in [0.5, 0.6) is 0 Å². The molecule has 1 aliphatic rings. The van der Waals surface area contributed by atoms with Gasteiger partial charge in [0, 0.05) is 12.1 Å². The average Bonchev–Trinajstić information content (AvgIpc) is 2.70. The molecule has 1 aromatic carbocycles. The Morgan fingerprint density at radius 3 is 2.75 bits per heavy atom. The van der Waals surface area contributed by atoms with Crippen molar-refractivity contribution in [3.63, 3.8) is 0 Å². The zero-order valence-corrected chi connectivity index (χ0v) is 8.38. The number of carbonyl (C=O) groups is 1. The second-order valence-corrected chi connectivity index (χ2v) is 3.75. The second kappa shape index (κ2) is 3.90. The van der Waals surface area contributed by atoms with E-state index in [1.807, 2.05) is 0 Å². The highest BCUT2D eigenvalue weighted by Gasteiger charge is 2.29. The molecule has 0 bridgehead atoms. The van der Waals surface area contributed by atoms with E-state index in [0.29, 0.717) is 12.8 Å². The summed E-state index contributed by atoms with van der Waals surface area (Å²) < 4.78 is 0. The van der Waals surface area contributed by atoms with Gasteiger partial charge in [0.1, 0.15) is 0 Å². The van der Waals surface area contributed by atoms with E-state index in [1.54, 1.807) is 6.07 Å². The van der Waals surface area contributed by atoms with E-state index in [1.165, 1.54) is 12.1 Å². The van der Waals surface area contributed by atoms with Crippen LogP contribution in [-0.2, 0) is 22.5 Å². The lowest BCUT2D eigenvalue weighted by Gasteiger charge is -2.03. The van der Waals surface area contributed by atoms with Crippen molar-refractivity contribution < 1.29 is 14.6 Å². The molecule has 1 unspecified atom stereocenters. The predicted octanol–water partition coefficient (Wildman–Crippen LogP) is 0.726. The maximum Gasteiger partial charge on any atom is 0.328 e. The number of rotatable bonds is 2. The topological polar surface area (TPSA) is 95.5 Å². The number of non-ortho nitro benzene ring substituents is 1. The first-order valence-electron chi connectivity index (χ1n) is 4.78. The van der Waals surface area contributed by atoms with Crippen LogP contribution >= 0.6 is 0 Å². The highest BCUT2D eigenvalue weighted by Crippen LogP contribution is 2.30. The molecule has 1 aliphatic carbocycles. The summed E-state index contributed by atoms with van der Waals surface area (Å²) in [6.07, 6.45) is 0.983. The Hall–Kier alpha value is -1.95. The molecule has 0 radical (unpaired) electrons. The second-order valence-electron chi connectivity index (χ2n) is 3.75. The molecule has 2 N–H and O–H groups in total. The van der Waals surface area contributed by atoms with Gasteiger partial charge >= 0.3 is 5.97 Å². The Kier molecular flexibility index (Phi) is 2.57. The third-order valence-corrected chi connectivity index (χ3v) is 2.78. The van der Waals surface area contributed by atoms with Gasteiger partial charge in [-0.15, -0.1) is 0 Å². The Balaban J connectivity index is 2.24. The molecule has 1 atom stereocenters. The van der Waals surface area contributed by atoms with Crippen LogP contribution in [-0.4, -0.2) is 10.9 Å². The molecule has 0 fully saturated rings. The van der Waals surface area contributed by atoms with Crippen LogP contribution in [0.4, 0.5) is 5.69 Å². The molecule has 2 rings (SSSR count). The summed E-state index contributed by atoms with van der Waals surface area (Å²) in [5, 5.41) is 10.6. The number of nitrogens with zero attached hydrogens (tertiary/aromatic N) is 1. The number of fused-ring (bicyclic) bond motifs is 1. The minimum Gasteiger partial charge on any atom is -0.373 e. The van der Waals surface area contributed by atoms with E-state index in [4.69, 9.17) is 5.90 Å². The minimum atomic E-state index is -0.473. The summed E-state index contributed by atoms with van der Waals surface area (Å²) in [5.41, 5.74) is 1.81. The first-order chi connectivity index (χ1) is 7.61. The van der Waals surface area contributed by atoms with Crippen LogP contribution in [0, 0.1) is 16.0 Å². The molecule has 0 aromatic heterocycles. The fraction of sp³-hybridized carbons (Fsp3) is 0.300. The number of nitrogens with two attached hydrogens (primary N) is 1. The fourth-order valence-corrected chi connectivity index (χ4v) is 1.98. The van der Waals surface area contributed by atoms with Crippen molar-refractivity contribution in [3.05, 3.63) is 39.4 Å². The molecular formula is C10H10N2O4.